The molecule has 2 rings (SSSR count). The van der Waals surface area contributed by atoms with Crippen LogP contribution in [-0.4, -0.2) is 36.2 Å². The van der Waals surface area contributed by atoms with Gasteiger partial charge >= 0.3 is 5.97 Å². The van der Waals surface area contributed by atoms with Crippen LogP contribution in [0, 0.1) is 6.92 Å². The minimum Gasteiger partial charge on any atom is -0.462 e. The van der Waals surface area contributed by atoms with E-state index < -0.39 is 12.1 Å². The Labute approximate surface area is 109 Å². The van der Waals surface area contributed by atoms with Crippen LogP contribution < -0.4 is 4.90 Å². The molecule has 1 aliphatic rings. The molecule has 1 fully saturated rings. The molecule has 1 aromatic heterocycles. The molecular formula is C12H15NO4S. The number of amides is 1. The number of aliphatic hydroxyl groups excluding tert-OH is 1. The Morgan fingerprint density at radius 3 is 2.94 bits per heavy atom. The number of anilines is 1. The maximum absolute atomic E-state index is 11.9. The molecule has 5 nitrogen and oxygen atoms in total. The second-order valence-electron chi connectivity index (χ2n) is 4.18. The van der Waals surface area contributed by atoms with E-state index in [4.69, 9.17) is 4.74 Å². The minimum atomic E-state index is -0.657. The SMILES string of the molecule is CCOC(=O)c1c(C)csc1N1CC(O)CC1=O. The van der Waals surface area contributed by atoms with Gasteiger partial charge < -0.3 is 14.7 Å². The van der Waals surface area contributed by atoms with Gasteiger partial charge in [0.25, 0.3) is 0 Å². The number of aliphatic hydroxyl groups is 1. The summed E-state index contributed by atoms with van der Waals surface area (Å²) in [5.74, 6) is -0.574. The molecule has 1 atom stereocenters. The molecule has 0 saturated carbocycles. The maximum Gasteiger partial charge on any atom is 0.341 e. The van der Waals surface area contributed by atoms with E-state index in [0.29, 0.717) is 17.2 Å². The quantitative estimate of drug-likeness (QED) is 0.841. The van der Waals surface area contributed by atoms with Gasteiger partial charge in [0.05, 0.1) is 31.2 Å². The average Bonchev–Trinajstić information content (AvgIpc) is 2.82. The van der Waals surface area contributed by atoms with Gasteiger partial charge in [-0.15, -0.1) is 11.3 Å². The summed E-state index contributed by atoms with van der Waals surface area (Å²) in [5.41, 5.74) is 1.23. The molecule has 1 aromatic rings. The van der Waals surface area contributed by atoms with Gasteiger partial charge in [0.15, 0.2) is 0 Å². The third-order valence-corrected chi connectivity index (χ3v) is 3.90. The lowest BCUT2D eigenvalue weighted by Crippen LogP contribution is -2.26. The van der Waals surface area contributed by atoms with Crippen molar-refractivity contribution in [1.82, 2.24) is 0 Å². The van der Waals surface area contributed by atoms with Crippen molar-refractivity contribution in [1.29, 1.82) is 0 Å². The maximum atomic E-state index is 11.9. The zero-order valence-corrected chi connectivity index (χ0v) is 11.1. The van der Waals surface area contributed by atoms with Gasteiger partial charge in [-0.2, -0.15) is 0 Å². The number of ether oxygens (including phenoxy) is 1. The Kier molecular flexibility index (Phi) is 3.68. The summed E-state index contributed by atoms with van der Waals surface area (Å²) in [4.78, 5) is 25.1. The number of esters is 1. The third kappa shape index (κ3) is 2.26. The van der Waals surface area contributed by atoms with Gasteiger partial charge in [-0.1, -0.05) is 0 Å². The number of hydrogen-bond donors (Lipinski definition) is 1. The van der Waals surface area contributed by atoms with Crippen LogP contribution >= 0.6 is 11.3 Å². The first-order chi connectivity index (χ1) is 8.54. The lowest BCUT2D eigenvalue weighted by Gasteiger charge is -2.15. The van der Waals surface area contributed by atoms with Crippen LogP contribution in [-0.2, 0) is 9.53 Å². The van der Waals surface area contributed by atoms with Crippen LogP contribution in [0.15, 0.2) is 5.38 Å². The van der Waals surface area contributed by atoms with Crippen molar-refractivity contribution in [2.75, 3.05) is 18.1 Å². The van der Waals surface area contributed by atoms with Crippen LogP contribution in [0.25, 0.3) is 0 Å². The standard InChI is InChI=1S/C12H15NO4S/c1-3-17-12(16)10-7(2)6-18-11(10)13-5-8(14)4-9(13)15/h6,8,14H,3-5H2,1-2H3. The first-order valence-electron chi connectivity index (χ1n) is 5.78. The Bertz CT molecular complexity index is 482. The summed E-state index contributed by atoms with van der Waals surface area (Å²) in [6.07, 6.45) is -0.547. The number of thiophene rings is 1. The highest BCUT2D eigenvalue weighted by Crippen LogP contribution is 2.34. The van der Waals surface area contributed by atoms with E-state index in [2.05, 4.69) is 0 Å². The first-order valence-corrected chi connectivity index (χ1v) is 6.66. The Morgan fingerprint density at radius 1 is 1.67 bits per heavy atom. The van der Waals surface area contributed by atoms with Crippen LogP contribution in [0.3, 0.4) is 0 Å². The first kappa shape index (κ1) is 13.0. The minimum absolute atomic E-state index is 0.110. The largest absolute Gasteiger partial charge is 0.462 e. The fourth-order valence-corrected chi connectivity index (χ4v) is 3.04. The molecule has 1 N–H and O–H groups in total. The van der Waals surface area contributed by atoms with Crippen molar-refractivity contribution >= 4 is 28.2 Å². The molecule has 18 heavy (non-hydrogen) atoms. The Morgan fingerprint density at radius 2 is 2.39 bits per heavy atom. The summed E-state index contributed by atoms with van der Waals surface area (Å²) < 4.78 is 5.00. The number of hydrogen-bond acceptors (Lipinski definition) is 5. The van der Waals surface area contributed by atoms with E-state index in [-0.39, 0.29) is 18.9 Å². The fourth-order valence-electron chi connectivity index (χ4n) is 1.97. The molecule has 2 heterocycles. The predicted molar refractivity (Wildman–Crippen MR) is 68.0 cm³/mol. The zero-order valence-electron chi connectivity index (χ0n) is 10.3. The van der Waals surface area contributed by atoms with E-state index in [1.165, 1.54) is 16.2 Å². The highest BCUT2D eigenvalue weighted by Gasteiger charge is 2.33. The van der Waals surface area contributed by atoms with Crippen molar-refractivity contribution in [3.8, 4) is 0 Å². The second kappa shape index (κ2) is 5.07. The van der Waals surface area contributed by atoms with Crippen LogP contribution in [0.2, 0.25) is 0 Å². The molecule has 98 valence electrons. The Balaban J connectivity index is 2.34. The molecule has 0 bridgehead atoms. The zero-order chi connectivity index (χ0) is 13.3. The topological polar surface area (TPSA) is 66.8 Å². The number of carbonyl (C=O) groups excluding carboxylic acids is 2. The number of aryl methyl sites for hydroxylation is 1. The lowest BCUT2D eigenvalue weighted by atomic mass is 10.2. The van der Waals surface area contributed by atoms with Crippen molar-refractivity contribution in [2.24, 2.45) is 0 Å². The smallest absolute Gasteiger partial charge is 0.341 e. The number of β-amino-alcohol motifs (C(OH)–C–C–N with tert-alkyl or cyclic N) is 1. The van der Waals surface area contributed by atoms with Crippen LogP contribution in [0.1, 0.15) is 29.3 Å². The predicted octanol–water partition coefficient (Wildman–Crippen LogP) is 1.33. The number of nitrogens with zero attached hydrogens (tertiary/aromatic N) is 1. The molecule has 0 radical (unpaired) electrons. The van der Waals surface area contributed by atoms with Crippen LogP contribution in [0.4, 0.5) is 5.00 Å². The Hall–Kier alpha value is -1.40. The average molecular weight is 269 g/mol. The van der Waals surface area contributed by atoms with E-state index in [1.54, 1.807) is 6.92 Å². The van der Waals surface area contributed by atoms with Crippen LogP contribution in [0.5, 0.6) is 0 Å². The number of carbonyl (C=O) groups is 2. The van der Waals surface area contributed by atoms with Gasteiger partial charge in [-0.25, -0.2) is 4.79 Å². The van der Waals surface area contributed by atoms with Gasteiger partial charge in [0, 0.05) is 0 Å². The molecule has 0 aliphatic carbocycles. The van der Waals surface area contributed by atoms with Crippen molar-refractivity contribution in [2.45, 2.75) is 26.4 Å². The highest BCUT2D eigenvalue weighted by atomic mass is 32.1. The van der Waals surface area contributed by atoms with Crippen molar-refractivity contribution in [3.05, 3.63) is 16.5 Å². The summed E-state index contributed by atoms with van der Waals surface area (Å²) in [6.45, 7) is 4.09. The summed E-state index contributed by atoms with van der Waals surface area (Å²) >= 11 is 1.33. The van der Waals surface area contributed by atoms with E-state index in [9.17, 15) is 14.7 Å². The molecule has 6 heteroatoms. The molecule has 1 unspecified atom stereocenters. The van der Waals surface area contributed by atoms with Gasteiger partial charge in [-0.3, -0.25) is 4.79 Å². The number of rotatable bonds is 3. The second-order valence-corrected chi connectivity index (χ2v) is 5.04. The normalized spacial score (nSPS) is 19.4. The molecule has 0 aromatic carbocycles. The lowest BCUT2D eigenvalue weighted by molar-refractivity contribution is -0.117. The molecule has 0 spiro atoms. The van der Waals surface area contributed by atoms with Gasteiger partial charge in [0.2, 0.25) is 5.91 Å². The fraction of sp³-hybridized carbons (Fsp3) is 0.500. The molecular weight excluding hydrogens is 254 g/mol. The van der Waals surface area contributed by atoms with Gasteiger partial charge in [0.1, 0.15) is 5.00 Å². The molecule has 1 saturated heterocycles. The van der Waals surface area contributed by atoms with E-state index >= 15 is 0 Å². The summed E-state index contributed by atoms with van der Waals surface area (Å²) in [6, 6.07) is 0. The summed E-state index contributed by atoms with van der Waals surface area (Å²) in [7, 11) is 0. The van der Waals surface area contributed by atoms with E-state index in [1.807, 2.05) is 12.3 Å². The van der Waals surface area contributed by atoms with Crippen molar-refractivity contribution < 1.29 is 19.4 Å². The van der Waals surface area contributed by atoms with Crippen molar-refractivity contribution in [3.63, 3.8) is 0 Å². The van der Waals surface area contributed by atoms with Gasteiger partial charge in [-0.05, 0) is 24.8 Å². The summed E-state index contributed by atoms with van der Waals surface area (Å²) in [5, 5.41) is 11.9. The molecule has 1 amide bonds. The third-order valence-electron chi connectivity index (χ3n) is 2.78. The monoisotopic (exact) mass is 269 g/mol. The highest BCUT2D eigenvalue weighted by molar-refractivity contribution is 7.15. The van der Waals surface area contributed by atoms with E-state index in [0.717, 1.165) is 5.56 Å². The molecule has 1 aliphatic heterocycles.